The highest BCUT2D eigenvalue weighted by Gasteiger charge is 2.17. The number of nitrogens with two attached hydrogens (primary N) is 1. The number of rotatable bonds is 6. The summed E-state index contributed by atoms with van der Waals surface area (Å²) in [6.45, 7) is 7.49. The monoisotopic (exact) mass is 262 g/mol. The molecule has 0 radical (unpaired) electrons. The van der Waals surface area contributed by atoms with E-state index >= 15 is 0 Å². The van der Waals surface area contributed by atoms with E-state index in [9.17, 15) is 0 Å². The molecule has 2 rings (SSSR count). The number of aromatic nitrogens is 4. The van der Waals surface area contributed by atoms with Crippen molar-refractivity contribution >= 4 is 22.9 Å². The summed E-state index contributed by atoms with van der Waals surface area (Å²) < 4.78 is 0. The van der Waals surface area contributed by atoms with Crippen molar-refractivity contribution < 1.29 is 0 Å². The molecule has 2 aromatic rings. The summed E-state index contributed by atoms with van der Waals surface area (Å²) in [5.41, 5.74) is 7.26. The number of anilines is 2. The van der Waals surface area contributed by atoms with Gasteiger partial charge in [-0.05, 0) is 20.3 Å². The molecule has 0 aromatic carbocycles. The molecule has 3 N–H and O–H groups in total. The first kappa shape index (κ1) is 13.6. The number of nitrogens with one attached hydrogen (secondary N) is 1. The van der Waals surface area contributed by atoms with Gasteiger partial charge in [0.2, 0.25) is 5.95 Å². The van der Waals surface area contributed by atoms with Gasteiger partial charge in [-0.1, -0.05) is 19.8 Å². The fourth-order valence-corrected chi connectivity index (χ4v) is 2.18. The number of imidazole rings is 1. The van der Waals surface area contributed by atoms with Crippen LogP contribution in [0.5, 0.6) is 0 Å². The third-order valence-corrected chi connectivity index (χ3v) is 3.18. The molecule has 0 unspecified atom stereocenters. The van der Waals surface area contributed by atoms with Gasteiger partial charge in [0.15, 0.2) is 11.5 Å². The molecular formula is C13H22N6. The summed E-state index contributed by atoms with van der Waals surface area (Å²) in [5.74, 6) is 1.13. The number of hydrogen-bond acceptors (Lipinski definition) is 5. The lowest BCUT2D eigenvalue weighted by Gasteiger charge is -2.28. The van der Waals surface area contributed by atoms with Gasteiger partial charge in [-0.25, -0.2) is 4.98 Å². The van der Waals surface area contributed by atoms with Gasteiger partial charge in [-0.2, -0.15) is 9.97 Å². The van der Waals surface area contributed by atoms with Gasteiger partial charge in [-0.15, -0.1) is 0 Å². The smallest absolute Gasteiger partial charge is 0.224 e. The van der Waals surface area contributed by atoms with Crippen LogP contribution in [0.3, 0.4) is 0 Å². The Balaban J connectivity index is 2.35. The molecule has 2 heterocycles. The van der Waals surface area contributed by atoms with Gasteiger partial charge in [0.1, 0.15) is 5.52 Å². The summed E-state index contributed by atoms with van der Waals surface area (Å²) in [6.07, 6.45) is 5.20. The highest BCUT2D eigenvalue weighted by Crippen LogP contribution is 2.24. The van der Waals surface area contributed by atoms with Gasteiger partial charge in [0, 0.05) is 12.6 Å². The lowest BCUT2D eigenvalue weighted by atomic mass is 10.2. The van der Waals surface area contributed by atoms with Crippen LogP contribution in [0.4, 0.5) is 11.8 Å². The van der Waals surface area contributed by atoms with Crippen molar-refractivity contribution in [1.29, 1.82) is 0 Å². The van der Waals surface area contributed by atoms with Crippen molar-refractivity contribution in [3.63, 3.8) is 0 Å². The van der Waals surface area contributed by atoms with Crippen molar-refractivity contribution in [2.75, 3.05) is 17.2 Å². The van der Waals surface area contributed by atoms with E-state index in [2.05, 4.69) is 45.6 Å². The number of hydrogen-bond donors (Lipinski definition) is 2. The lowest BCUT2D eigenvalue weighted by Crippen LogP contribution is -2.33. The Morgan fingerprint density at radius 2 is 2.11 bits per heavy atom. The largest absolute Gasteiger partial charge is 0.368 e. The van der Waals surface area contributed by atoms with Crippen LogP contribution in [-0.4, -0.2) is 32.5 Å². The standard InChI is InChI=1S/C13H22N6/c1-4-5-6-7-19(9(2)3)12-10-11(16-8-15-10)17-13(14)18-12/h8-9H,4-7H2,1-3H3,(H3,14,15,16,17,18). The Labute approximate surface area is 113 Å². The van der Waals surface area contributed by atoms with Gasteiger partial charge in [0.05, 0.1) is 6.33 Å². The zero-order valence-electron chi connectivity index (χ0n) is 11.8. The number of nitrogen functional groups attached to an aromatic ring is 1. The molecule has 6 nitrogen and oxygen atoms in total. The molecule has 0 aliphatic heterocycles. The third kappa shape index (κ3) is 2.94. The number of H-pyrrole nitrogens is 1. The van der Waals surface area contributed by atoms with Crippen LogP contribution in [0.25, 0.3) is 11.2 Å². The first-order chi connectivity index (χ1) is 9.13. The van der Waals surface area contributed by atoms with E-state index in [1.807, 2.05) is 0 Å². The minimum atomic E-state index is 0.274. The van der Waals surface area contributed by atoms with Crippen molar-refractivity contribution in [2.24, 2.45) is 0 Å². The van der Waals surface area contributed by atoms with Gasteiger partial charge in [-0.3, -0.25) is 0 Å². The summed E-state index contributed by atoms with van der Waals surface area (Å²) >= 11 is 0. The van der Waals surface area contributed by atoms with E-state index in [1.165, 1.54) is 12.8 Å². The maximum absolute atomic E-state index is 5.77. The minimum absolute atomic E-state index is 0.274. The highest BCUT2D eigenvalue weighted by atomic mass is 15.2. The minimum Gasteiger partial charge on any atom is -0.368 e. The van der Waals surface area contributed by atoms with Crippen LogP contribution in [0.1, 0.15) is 40.0 Å². The number of aromatic amines is 1. The third-order valence-electron chi connectivity index (χ3n) is 3.18. The van der Waals surface area contributed by atoms with Crippen molar-refractivity contribution in [3.8, 4) is 0 Å². The van der Waals surface area contributed by atoms with Crippen LogP contribution >= 0.6 is 0 Å². The lowest BCUT2D eigenvalue weighted by molar-refractivity contribution is 0.621. The highest BCUT2D eigenvalue weighted by molar-refractivity contribution is 5.84. The van der Waals surface area contributed by atoms with E-state index in [-0.39, 0.29) is 5.95 Å². The number of nitrogens with zero attached hydrogens (tertiary/aromatic N) is 4. The van der Waals surface area contributed by atoms with Crippen molar-refractivity contribution in [2.45, 2.75) is 46.1 Å². The average Bonchev–Trinajstić information content (AvgIpc) is 2.81. The molecule has 0 fully saturated rings. The van der Waals surface area contributed by atoms with Gasteiger partial charge >= 0.3 is 0 Å². The molecule has 0 aliphatic rings. The molecule has 0 atom stereocenters. The second-order valence-corrected chi connectivity index (χ2v) is 5.00. The first-order valence-electron chi connectivity index (χ1n) is 6.86. The number of unbranched alkanes of at least 4 members (excludes halogenated alkanes) is 2. The molecule has 0 bridgehead atoms. The molecule has 0 spiro atoms. The molecule has 0 saturated carbocycles. The van der Waals surface area contributed by atoms with E-state index < -0.39 is 0 Å². The molecule has 0 aliphatic carbocycles. The molecule has 0 amide bonds. The Bertz CT molecular complexity index is 533. The summed E-state index contributed by atoms with van der Waals surface area (Å²) in [7, 11) is 0. The summed E-state index contributed by atoms with van der Waals surface area (Å²) in [6, 6.07) is 0.359. The van der Waals surface area contributed by atoms with Crippen LogP contribution in [-0.2, 0) is 0 Å². The van der Waals surface area contributed by atoms with E-state index in [0.29, 0.717) is 11.7 Å². The second-order valence-electron chi connectivity index (χ2n) is 5.00. The van der Waals surface area contributed by atoms with Crippen molar-refractivity contribution in [1.82, 2.24) is 19.9 Å². The normalized spacial score (nSPS) is 11.4. The first-order valence-corrected chi connectivity index (χ1v) is 6.86. The Morgan fingerprint density at radius 1 is 1.32 bits per heavy atom. The molecule has 104 valence electrons. The molecular weight excluding hydrogens is 240 g/mol. The van der Waals surface area contributed by atoms with Crippen LogP contribution in [0.2, 0.25) is 0 Å². The fourth-order valence-electron chi connectivity index (χ4n) is 2.18. The quantitative estimate of drug-likeness (QED) is 0.781. The predicted octanol–water partition coefficient (Wildman–Crippen LogP) is 2.34. The second kappa shape index (κ2) is 5.86. The topological polar surface area (TPSA) is 83.7 Å². The Morgan fingerprint density at radius 3 is 2.79 bits per heavy atom. The van der Waals surface area contributed by atoms with E-state index in [4.69, 9.17) is 5.73 Å². The SMILES string of the molecule is CCCCCN(c1nc(N)nc2nc[nH]c12)C(C)C. The molecule has 6 heteroatoms. The zero-order valence-corrected chi connectivity index (χ0v) is 11.8. The van der Waals surface area contributed by atoms with Crippen LogP contribution in [0, 0.1) is 0 Å². The zero-order chi connectivity index (χ0) is 13.8. The molecule has 2 aromatic heterocycles. The molecule has 0 saturated heterocycles. The van der Waals surface area contributed by atoms with E-state index in [1.54, 1.807) is 6.33 Å². The summed E-state index contributed by atoms with van der Waals surface area (Å²) in [4.78, 5) is 18.1. The van der Waals surface area contributed by atoms with Gasteiger partial charge in [0.25, 0.3) is 0 Å². The maximum Gasteiger partial charge on any atom is 0.224 e. The van der Waals surface area contributed by atoms with Gasteiger partial charge < -0.3 is 15.6 Å². The average molecular weight is 262 g/mol. The fraction of sp³-hybridized carbons (Fsp3) is 0.615. The Hall–Kier alpha value is -1.85. The predicted molar refractivity (Wildman–Crippen MR) is 78.1 cm³/mol. The van der Waals surface area contributed by atoms with E-state index in [0.717, 1.165) is 24.3 Å². The maximum atomic E-state index is 5.77. The van der Waals surface area contributed by atoms with Crippen molar-refractivity contribution in [3.05, 3.63) is 6.33 Å². The summed E-state index contributed by atoms with van der Waals surface area (Å²) in [5, 5.41) is 0. The Kier molecular flexibility index (Phi) is 4.19. The number of fused-ring (bicyclic) bond motifs is 1. The van der Waals surface area contributed by atoms with Crippen LogP contribution < -0.4 is 10.6 Å². The van der Waals surface area contributed by atoms with Crippen LogP contribution in [0.15, 0.2) is 6.33 Å². The molecule has 19 heavy (non-hydrogen) atoms.